The number of aromatic nitrogens is 1. The molecule has 0 N–H and O–H groups in total. The van der Waals surface area contributed by atoms with Gasteiger partial charge in [-0.3, -0.25) is 0 Å². The minimum absolute atomic E-state index is 0.0482. The minimum atomic E-state index is -0.638. The molecule has 1 aromatic heterocycles. The van der Waals surface area contributed by atoms with E-state index in [2.05, 4.69) is 9.72 Å². The van der Waals surface area contributed by atoms with Crippen LogP contribution in [0.3, 0.4) is 0 Å². The Bertz CT molecular complexity index is 630. The molecule has 94 valence electrons. The smallest absolute Gasteiger partial charge is 0.341 e. The summed E-state index contributed by atoms with van der Waals surface area (Å²) in [5.74, 6) is -0.773. The minimum Gasteiger partial charge on any atom is -0.496 e. The zero-order chi connectivity index (χ0) is 13.3. The highest BCUT2D eigenvalue weighted by atomic mass is 35.5. The van der Waals surface area contributed by atoms with E-state index in [1.54, 1.807) is 0 Å². The van der Waals surface area contributed by atoms with E-state index in [9.17, 15) is 9.18 Å². The number of rotatable bonds is 2. The van der Waals surface area contributed by atoms with Gasteiger partial charge in [0.2, 0.25) is 0 Å². The number of carbonyl (C=O) groups is 1. The number of halogens is 2. The van der Waals surface area contributed by atoms with E-state index in [0.29, 0.717) is 11.1 Å². The lowest BCUT2D eigenvalue weighted by atomic mass is 10.1. The third-order valence-corrected chi connectivity index (χ3v) is 2.76. The molecule has 0 unspecified atom stereocenters. The van der Waals surface area contributed by atoms with Gasteiger partial charge in [0, 0.05) is 5.39 Å². The molecule has 0 aliphatic rings. The molecule has 0 fully saturated rings. The number of hydrogen-bond acceptors (Lipinski definition) is 4. The highest BCUT2D eigenvalue weighted by Crippen LogP contribution is 2.30. The predicted octanol–water partition coefficient (Wildman–Crippen LogP) is 2.82. The summed E-state index contributed by atoms with van der Waals surface area (Å²) in [4.78, 5) is 15.3. The Morgan fingerprint density at radius 3 is 2.72 bits per heavy atom. The number of benzene rings is 1. The Labute approximate surface area is 107 Å². The van der Waals surface area contributed by atoms with Crippen LogP contribution in [0.25, 0.3) is 10.9 Å². The van der Waals surface area contributed by atoms with Gasteiger partial charge >= 0.3 is 5.97 Å². The first kappa shape index (κ1) is 12.6. The lowest BCUT2D eigenvalue weighted by Gasteiger charge is -2.08. The summed E-state index contributed by atoms with van der Waals surface area (Å²) in [5.41, 5.74) is 0.113. The summed E-state index contributed by atoms with van der Waals surface area (Å²) in [5, 5.41) is 0.254. The van der Waals surface area contributed by atoms with Gasteiger partial charge in [0.05, 0.1) is 19.8 Å². The summed E-state index contributed by atoms with van der Waals surface area (Å²) in [6.07, 6.45) is 0. The van der Waals surface area contributed by atoms with Crippen LogP contribution in [-0.4, -0.2) is 25.2 Å². The lowest BCUT2D eigenvalue weighted by Crippen LogP contribution is -2.04. The molecule has 0 bridgehead atoms. The molecule has 0 atom stereocenters. The molecule has 1 aromatic carbocycles. The van der Waals surface area contributed by atoms with E-state index in [1.807, 2.05) is 0 Å². The Kier molecular flexibility index (Phi) is 3.34. The molecule has 0 saturated heterocycles. The lowest BCUT2D eigenvalue weighted by molar-refractivity contribution is 0.0600. The SMILES string of the molecule is COC(=O)c1cc2c(OC)ccc(F)c2nc1Cl. The van der Waals surface area contributed by atoms with Crippen molar-refractivity contribution in [1.29, 1.82) is 0 Å². The second-order valence-corrected chi connectivity index (χ2v) is 3.82. The van der Waals surface area contributed by atoms with E-state index < -0.39 is 11.8 Å². The first-order valence-electron chi connectivity index (χ1n) is 4.99. The summed E-state index contributed by atoms with van der Waals surface area (Å²) >= 11 is 5.82. The maximum absolute atomic E-state index is 13.6. The largest absolute Gasteiger partial charge is 0.496 e. The van der Waals surface area contributed by atoms with Crippen molar-refractivity contribution in [2.24, 2.45) is 0 Å². The second-order valence-electron chi connectivity index (χ2n) is 3.46. The third kappa shape index (κ3) is 1.97. The van der Waals surface area contributed by atoms with Crippen LogP contribution in [0.2, 0.25) is 5.15 Å². The normalized spacial score (nSPS) is 10.4. The third-order valence-electron chi connectivity index (χ3n) is 2.47. The Hall–Kier alpha value is -1.88. The van der Waals surface area contributed by atoms with Crippen molar-refractivity contribution in [1.82, 2.24) is 4.98 Å². The van der Waals surface area contributed by atoms with Crippen molar-refractivity contribution >= 4 is 28.5 Å². The first-order chi connectivity index (χ1) is 8.58. The average molecular weight is 270 g/mol. The number of esters is 1. The van der Waals surface area contributed by atoms with Crippen LogP contribution in [0.4, 0.5) is 4.39 Å². The van der Waals surface area contributed by atoms with E-state index in [-0.39, 0.29) is 16.2 Å². The number of ether oxygens (including phenoxy) is 2. The highest BCUT2D eigenvalue weighted by molar-refractivity contribution is 6.33. The van der Waals surface area contributed by atoms with E-state index in [1.165, 1.54) is 32.4 Å². The van der Waals surface area contributed by atoms with Gasteiger partial charge in [0.1, 0.15) is 22.2 Å². The molecule has 2 rings (SSSR count). The average Bonchev–Trinajstić information content (AvgIpc) is 2.38. The van der Waals surface area contributed by atoms with Crippen molar-refractivity contribution in [3.05, 3.63) is 34.7 Å². The molecule has 4 nitrogen and oxygen atoms in total. The molecule has 18 heavy (non-hydrogen) atoms. The molecule has 1 heterocycles. The molecular formula is C12H9ClFNO3. The Balaban J connectivity index is 2.80. The number of fused-ring (bicyclic) bond motifs is 1. The molecular weight excluding hydrogens is 261 g/mol. The second kappa shape index (κ2) is 4.78. The topological polar surface area (TPSA) is 48.4 Å². The van der Waals surface area contributed by atoms with Crippen molar-refractivity contribution in [2.45, 2.75) is 0 Å². The zero-order valence-corrected chi connectivity index (χ0v) is 10.4. The maximum Gasteiger partial charge on any atom is 0.341 e. The molecule has 0 aliphatic heterocycles. The Morgan fingerprint density at radius 1 is 1.39 bits per heavy atom. The highest BCUT2D eigenvalue weighted by Gasteiger charge is 2.17. The van der Waals surface area contributed by atoms with Gasteiger partial charge in [-0.1, -0.05) is 11.6 Å². The van der Waals surface area contributed by atoms with E-state index in [4.69, 9.17) is 16.3 Å². The number of nitrogens with zero attached hydrogens (tertiary/aromatic N) is 1. The zero-order valence-electron chi connectivity index (χ0n) is 9.66. The van der Waals surface area contributed by atoms with Crippen LogP contribution in [-0.2, 0) is 4.74 Å². The molecule has 2 aromatic rings. The van der Waals surface area contributed by atoms with Gasteiger partial charge in [-0.05, 0) is 18.2 Å². The number of hydrogen-bond donors (Lipinski definition) is 0. The van der Waals surface area contributed by atoms with Crippen LogP contribution < -0.4 is 4.74 Å². The fraction of sp³-hybridized carbons (Fsp3) is 0.167. The van der Waals surface area contributed by atoms with Gasteiger partial charge < -0.3 is 9.47 Å². The monoisotopic (exact) mass is 269 g/mol. The quantitative estimate of drug-likeness (QED) is 0.621. The standard InChI is InChI=1S/C12H9ClFNO3/c1-17-9-4-3-8(14)10-6(9)5-7(11(13)15-10)12(16)18-2/h3-5H,1-2H3. The fourth-order valence-corrected chi connectivity index (χ4v) is 1.83. The number of carbonyl (C=O) groups excluding carboxylic acids is 1. The molecule has 0 radical (unpaired) electrons. The molecule has 0 aliphatic carbocycles. The molecule has 6 heteroatoms. The van der Waals surface area contributed by atoms with Gasteiger partial charge in [-0.2, -0.15) is 0 Å². The first-order valence-corrected chi connectivity index (χ1v) is 5.37. The number of pyridine rings is 1. The molecule has 0 amide bonds. The van der Waals surface area contributed by atoms with Crippen LogP contribution in [0, 0.1) is 5.82 Å². The van der Waals surface area contributed by atoms with Crippen LogP contribution in [0.5, 0.6) is 5.75 Å². The van der Waals surface area contributed by atoms with Crippen LogP contribution in [0.15, 0.2) is 18.2 Å². The Morgan fingerprint density at radius 2 is 2.11 bits per heavy atom. The predicted molar refractivity (Wildman–Crippen MR) is 64.6 cm³/mol. The van der Waals surface area contributed by atoms with Gasteiger partial charge in [0.15, 0.2) is 0 Å². The van der Waals surface area contributed by atoms with Gasteiger partial charge in [-0.25, -0.2) is 14.2 Å². The molecule has 0 saturated carbocycles. The van der Waals surface area contributed by atoms with E-state index in [0.717, 1.165) is 0 Å². The fourth-order valence-electron chi connectivity index (χ4n) is 1.61. The van der Waals surface area contributed by atoms with Crippen molar-refractivity contribution < 1.29 is 18.7 Å². The van der Waals surface area contributed by atoms with Gasteiger partial charge in [-0.15, -0.1) is 0 Å². The summed E-state index contributed by atoms with van der Waals surface area (Å²) in [6, 6.07) is 4.08. The summed E-state index contributed by atoms with van der Waals surface area (Å²) < 4.78 is 23.3. The van der Waals surface area contributed by atoms with Crippen LogP contribution >= 0.6 is 11.6 Å². The van der Waals surface area contributed by atoms with Gasteiger partial charge in [0.25, 0.3) is 0 Å². The molecule has 0 spiro atoms. The van der Waals surface area contributed by atoms with Crippen LogP contribution in [0.1, 0.15) is 10.4 Å². The van der Waals surface area contributed by atoms with Crippen molar-refractivity contribution in [3.63, 3.8) is 0 Å². The summed E-state index contributed by atoms with van der Waals surface area (Å²) in [7, 11) is 2.67. The number of methoxy groups -OCH3 is 2. The maximum atomic E-state index is 13.6. The van der Waals surface area contributed by atoms with Crippen molar-refractivity contribution in [3.8, 4) is 5.75 Å². The summed E-state index contributed by atoms with van der Waals surface area (Å²) in [6.45, 7) is 0. The van der Waals surface area contributed by atoms with E-state index >= 15 is 0 Å². The van der Waals surface area contributed by atoms with Crippen molar-refractivity contribution in [2.75, 3.05) is 14.2 Å².